The molecule has 172 valence electrons. The highest BCUT2D eigenvalue weighted by atomic mass is 35.5. The lowest BCUT2D eigenvalue weighted by Gasteiger charge is -2.13. The Morgan fingerprint density at radius 2 is 1.88 bits per heavy atom. The summed E-state index contributed by atoms with van der Waals surface area (Å²) in [6.45, 7) is 2.67. The number of nitrogens with zero attached hydrogens (tertiary/aromatic N) is 4. The quantitative estimate of drug-likeness (QED) is 0.503. The normalized spacial score (nSPS) is 13.3. The summed E-state index contributed by atoms with van der Waals surface area (Å²) in [7, 11) is 0. The Morgan fingerprint density at radius 3 is 2.47 bits per heavy atom. The predicted octanol–water partition coefficient (Wildman–Crippen LogP) is 5.33. The molecule has 0 aliphatic heterocycles. The van der Waals surface area contributed by atoms with E-state index in [1.54, 1.807) is 0 Å². The standard InChI is InChI=1S/C19H16ClF6N5O/c1-10-15(20)16(19(24,25)26)29-31(10)11(2)17(32)28-14-7-27-30(9-14)8-12-4-3-5-13(6-12)18(21,22)23/h3-7,9,11H,8H2,1-2H3,(H,28,32). The third-order valence-corrected chi connectivity index (χ3v) is 5.04. The van der Waals surface area contributed by atoms with E-state index in [1.165, 1.54) is 43.1 Å². The van der Waals surface area contributed by atoms with Crippen molar-refractivity contribution in [2.75, 3.05) is 5.32 Å². The SMILES string of the molecule is Cc1c(Cl)c(C(F)(F)F)nn1C(C)C(=O)Nc1cnn(Cc2cccc(C(F)(F)F)c2)c1. The van der Waals surface area contributed by atoms with Gasteiger partial charge in [0.1, 0.15) is 6.04 Å². The number of halogens is 7. The van der Waals surface area contributed by atoms with Gasteiger partial charge in [0.2, 0.25) is 5.91 Å². The van der Waals surface area contributed by atoms with E-state index in [9.17, 15) is 31.1 Å². The Bertz CT molecular complexity index is 1130. The summed E-state index contributed by atoms with van der Waals surface area (Å²) in [5.74, 6) is -0.681. The number of benzene rings is 1. The molecule has 13 heteroatoms. The molecule has 0 fully saturated rings. The summed E-state index contributed by atoms with van der Waals surface area (Å²) in [5, 5.41) is 9.30. The molecule has 2 aromatic heterocycles. The van der Waals surface area contributed by atoms with Crippen molar-refractivity contribution in [3.63, 3.8) is 0 Å². The van der Waals surface area contributed by atoms with Gasteiger partial charge in [-0.05, 0) is 31.5 Å². The molecule has 0 aliphatic carbocycles. The van der Waals surface area contributed by atoms with Crippen LogP contribution in [0.2, 0.25) is 5.02 Å². The third-order valence-electron chi connectivity index (χ3n) is 4.59. The molecule has 0 bridgehead atoms. The van der Waals surface area contributed by atoms with Crippen LogP contribution in [0.3, 0.4) is 0 Å². The summed E-state index contributed by atoms with van der Waals surface area (Å²) in [4.78, 5) is 12.5. The van der Waals surface area contributed by atoms with Gasteiger partial charge in [0, 0.05) is 6.20 Å². The molecule has 3 rings (SSSR count). The molecule has 1 amide bonds. The number of carbonyl (C=O) groups excluding carboxylic acids is 1. The second kappa shape index (κ2) is 8.49. The van der Waals surface area contributed by atoms with E-state index in [2.05, 4.69) is 15.5 Å². The molecule has 32 heavy (non-hydrogen) atoms. The first kappa shape index (κ1) is 23.6. The number of alkyl halides is 6. The fourth-order valence-corrected chi connectivity index (χ4v) is 3.19. The van der Waals surface area contributed by atoms with Crippen molar-refractivity contribution in [3.05, 3.63) is 64.2 Å². The molecule has 0 spiro atoms. The van der Waals surface area contributed by atoms with Crippen LogP contribution in [0, 0.1) is 6.92 Å². The Balaban J connectivity index is 1.71. The van der Waals surface area contributed by atoms with Gasteiger partial charge in [-0.15, -0.1) is 0 Å². The van der Waals surface area contributed by atoms with Crippen molar-refractivity contribution < 1.29 is 31.1 Å². The maximum Gasteiger partial charge on any atom is 0.436 e. The molecule has 0 saturated carbocycles. The average molecular weight is 480 g/mol. The van der Waals surface area contributed by atoms with Crippen LogP contribution in [0.15, 0.2) is 36.7 Å². The Morgan fingerprint density at radius 1 is 1.19 bits per heavy atom. The van der Waals surface area contributed by atoms with Crippen molar-refractivity contribution in [2.45, 2.75) is 38.8 Å². The Kier molecular flexibility index (Phi) is 6.27. The number of nitrogens with one attached hydrogen (secondary N) is 1. The van der Waals surface area contributed by atoms with Gasteiger partial charge in [0.25, 0.3) is 0 Å². The highest BCUT2D eigenvalue weighted by molar-refractivity contribution is 6.32. The number of rotatable bonds is 5. The first-order chi connectivity index (χ1) is 14.8. The smallest absolute Gasteiger partial charge is 0.322 e. The van der Waals surface area contributed by atoms with Gasteiger partial charge in [-0.1, -0.05) is 23.7 Å². The first-order valence-electron chi connectivity index (χ1n) is 9.08. The number of carbonyl (C=O) groups is 1. The number of amides is 1. The minimum atomic E-state index is -4.77. The lowest BCUT2D eigenvalue weighted by atomic mass is 10.1. The molecule has 1 aromatic carbocycles. The topological polar surface area (TPSA) is 64.7 Å². The lowest BCUT2D eigenvalue weighted by Crippen LogP contribution is -2.25. The minimum Gasteiger partial charge on any atom is -0.322 e. The fourth-order valence-electron chi connectivity index (χ4n) is 2.96. The average Bonchev–Trinajstić information content (AvgIpc) is 3.25. The van der Waals surface area contributed by atoms with Crippen molar-refractivity contribution in [3.8, 4) is 0 Å². The summed E-state index contributed by atoms with van der Waals surface area (Å²) in [5.41, 5.74) is -1.56. The Hall–Kier alpha value is -3.02. The van der Waals surface area contributed by atoms with Gasteiger partial charge in [-0.2, -0.15) is 36.5 Å². The van der Waals surface area contributed by atoms with Crippen LogP contribution in [0.5, 0.6) is 0 Å². The summed E-state index contributed by atoms with van der Waals surface area (Å²) in [6, 6.07) is 3.59. The minimum absolute atomic E-state index is 0.0121. The molecule has 3 aromatic rings. The molecular formula is C19H16ClF6N5O. The first-order valence-corrected chi connectivity index (χ1v) is 9.46. The van der Waals surface area contributed by atoms with Gasteiger partial charge in [-0.25, -0.2) is 0 Å². The summed E-state index contributed by atoms with van der Waals surface area (Å²) >= 11 is 5.71. The fraction of sp³-hybridized carbons (Fsp3) is 0.316. The molecule has 1 unspecified atom stereocenters. The van der Waals surface area contributed by atoms with Crippen LogP contribution < -0.4 is 5.32 Å². The molecule has 0 aliphatic rings. The second-order valence-corrected chi connectivity index (χ2v) is 7.36. The maximum absolute atomic E-state index is 13.0. The van der Waals surface area contributed by atoms with Crippen LogP contribution in [0.25, 0.3) is 0 Å². The molecule has 0 radical (unpaired) electrons. The van der Waals surface area contributed by atoms with Crippen LogP contribution in [0.4, 0.5) is 32.0 Å². The van der Waals surface area contributed by atoms with Crippen LogP contribution in [-0.4, -0.2) is 25.5 Å². The van der Waals surface area contributed by atoms with Gasteiger partial charge in [-0.3, -0.25) is 14.2 Å². The van der Waals surface area contributed by atoms with E-state index in [0.29, 0.717) is 5.56 Å². The molecule has 6 nitrogen and oxygen atoms in total. The van der Waals surface area contributed by atoms with Gasteiger partial charge in [0.15, 0.2) is 5.69 Å². The number of anilines is 1. The van der Waals surface area contributed by atoms with Crippen LogP contribution >= 0.6 is 11.6 Å². The van der Waals surface area contributed by atoms with E-state index < -0.39 is 40.6 Å². The molecule has 1 atom stereocenters. The highest BCUT2D eigenvalue weighted by Gasteiger charge is 2.39. The van der Waals surface area contributed by atoms with E-state index in [-0.39, 0.29) is 17.9 Å². The van der Waals surface area contributed by atoms with Gasteiger partial charge >= 0.3 is 12.4 Å². The zero-order valence-electron chi connectivity index (χ0n) is 16.6. The Labute approximate surface area is 182 Å². The molecule has 1 N–H and O–H groups in total. The zero-order chi connectivity index (χ0) is 23.8. The maximum atomic E-state index is 13.0. The van der Waals surface area contributed by atoms with E-state index in [1.807, 2.05) is 0 Å². The highest BCUT2D eigenvalue weighted by Crippen LogP contribution is 2.36. The molecule has 2 heterocycles. The van der Waals surface area contributed by atoms with Gasteiger partial charge in [0.05, 0.1) is 34.7 Å². The van der Waals surface area contributed by atoms with Crippen molar-refractivity contribution >= 4 is 23.2 Å². The van der Waals surface area contributed by atoms with Crippen molar-refractivity contribution in [1.82, 2.24) is 19.6 Å². The number of hydrogen-bond acceptors (Lipinski definition) is 3. The van der Waals surface area contributed by atoms with E-state index >= 15 is 0 Å². The second-order valence-electron chi connectivity index (χ2n) is 6.98. The predicted molar refractivity (Wildman–Crippen MR) is 103 cm³/mol. The lowest BCUT2D eigenvalue weighted by molar-refractivity contribution is -0.141. The van der Waals surface area contributed by atoms with E-state index in [0.717, 1.165) is 16.8 Å². The number of aromatic nitrogens is 4. The number of hydrogen-bond donors (Lipinski definition) is 1. The third kappa shape index (κ3) is 5.06. The monoisotopic (exact) mass is 479 g/mol. The largest absolute Gasteiger partial charge is 0.436 e. The van der Waals surface area contributed by atoms with Crippen molar-refractivity contribution in [2.24, 2.45) is 0 Å². The molecular weight excluding hydrogens is 464 g/mol. The summed E-state index contributed by atoms with van der Waals surface area (Å²) in [6.07, 6.45) is -6.60. The van der Waals surface area contributed by atoms with Crippen LogP contribution in [0.1, 0.15) is 35.5 Å². The van der Waals surface area contributed by atoms with E-state index in [4.69, 9.17) is 11.6 Å². The van der Waals surface area contributed by atoms with Crippen LogP contribution in [-0.2, 0) is 23.7 Å². The molecule has 0 saturated heterocycles. The van der Waals surface area contributed by atoms with Crippen molar-refractivity contribution in [1.29, 1.82) is 0 Å². The zero-order valence-corrected chi connectivity index (χ0v) is 17.3. The summed E-state index contributed by atoms with van der Waals surface area (Å²) < 4.78 is 79.7. The van der Waals surface area contributed by atoms with Gasteiger partial charge < -0.3 is 5.32 Å².